The number of hydrogen-bond donors (Lipinski definition) is 3. The average molecular weight is 279 g/mol. The molecule has 8 heteroatoms. The summed E-state index contributed by atoms with van der Waals surface area (Å²) in [6.45, 7) is 2.09. The van der Waals surface area contributed by atoms with Gasteiger partial charge in [0.2, 0.25) is 7.37 Å². The van der Waals surface area contributed by atoms with Crippen LogP contribution in [0.25, 0.3) is 0 Å². The molecule has 0 radical (unpaired) electrons. The average Bonchev–Trinajstić information content (AvgIpc) is 2.15. The van der Waals surface area contributed by atoms with Crippen LogP contribution < -0.4 is 0 Å². The van der Waals surface area contributed by atoms with Crippen molar-refractivity contribution in [1.82, 2.24) is 4.98 Å². The number of rotatable bonds is 4. The zero-order valence-corrected chi connectivity index (χ0v) is 11.3. The Labute approximate surface area is 99.3 Å². The molecule has 1 rings (SSSR count). The van der Waals surface area contributed by atoms with Gasteiger partial charge < -0.3 is 14.7 Å². The zero-order valence-electron chi connectivity index (χ0n) is 9.52. The highest BCUT2D eigenvalue weighted by atomic mass is 31.2. The van der Waals surface area contributed by atoms with Crippen molar-refractivity contribution in [2.24, 2.45) is 0 Å². The van der Waals surface area contributed by atoms with Gasteiger partial charge in [-0.1, -0.05) is 6.07 Å². The van der Waals surface area contributed by atoms with Crippen molar-refractivity contribution in [3.05, 3.63) is 30.1 Å². The van der Waals surface area contributed by atoms with Gasteiger partial charge in [0.25, 0.3) is 0 Å². The van der Waals surface area contributed by atoms with Gasteiger partial charge in [0, 0.05) is 19.1 Å². The lowest BCUT2D eigenvalue weighted by molar-refractivity contribution is 0.342. The predicted octanol–water partition coefficient (Wildman–Crippen LogP) is 1.42. The number of nitrogens with zero attached hydrogens (tertiary/aromatic N) is 1. The van der Waals surface area contributed by atoms with E-state index in [2.05, 4.69) is 4.98 Å². The molecule has 1 heterocycles. The van der Waals surface area contributed by atoms with Crippen LogP contribution in [-0.2, 0) is 15.6 Å². The second-order valence-electron chi connectivity index (χ2n) is 4.18. The van der Waals surface area contributed by atoms with E-state index in [1.54, 1.807) is 12.1 Å². The maximum atomic E-state index is 11.7. The fourth-order valence-corrected chi connectivity index (χ4v) is 4.18. The first kappa shape index (κ1) is 14.6. The van der Waals surface area contributed by atoms with Gasteiger partial charge in [-0.3, -0.25) is 14.1 Å². The normalized spacial score (nSPS) is 19.4. The smallest absolute Gasteiger partial charge is 0.341 e. The molecule has 0 aromatic carbocycles. The summed E-state index contributed by atoms with van der Waals surface area (Å²) in [6, 6.07) is 3.21. The van der Waals surface area contributed by atoms with E-state index in [0.29, 0.717) is 5.56 Å². The Morgan fingerprint density at radius 3 is 2.29 bits per heavy atom. The quantitative estimate of drug-likeness (QED) is 0.719. The van der Waals surface area contributed by atoms with Crippen molar-refractivity contribution in [1.29, 1.82) is 0 Å². The molecule has 0 spiro atoms. The van der Waals surface area contributed by atoms with Crippen molar-refractivity contribution in [2.45, 2.75) is 18.2 Å². The Kier molecular flexibility index (Phi) is 3.97. The zero-order chi connectivity index (χ0) is 13.3. The van der Waals surface area contributed by atoms with Crippen LogP contribution in [0.1, 0.15) is 12.5 Å². The topological polar surface area (TPSA) is 108 Å². The monoisotopic (exact) mass is 279 g/mol. The van der Waals surface area contributed by atoms with Gasteiger partial charge in [0.05, 0.1) is 0 Å². The molecule has 0 saturated carbocycles. The summed E-state index contributed by atoms with van der Waals surface area (Å²) in [5, 5.41) is 0. The lowest BCUT2D eigenvalue weighted by Gasteiger charge is -2.32. The second kappa shape index (κ2) is 4.63. The third-order valence-corrected chi connectivity index (χ3v) is 8.04. The highest BCUT2D eigenvalue weighted by Crippen LogP contribution is 2.70. The van der Waals surface area contributed by atoms with Crippen molar-refractivity contribution >= 4 is 15.0 Å². The summed E-state index contributed by atoms with van der Waals surface area (Å²) in [6.07, 6.45) is 2.74. The van der Waals surface area contributed by atoms with Crippen LogP contribution >= 0.6 is 15.0 Å². The second-order valence-corrected chi connectivity index (χ2v) is 9.35. The van der Waals surface area contributed by atoms with E-state index in [1.807, 2.05) is 0 Å². The molecular weight excluding hydrogens is 264 g/mol. The molecule has 0 aliphatic heterocycles. The standard InChI is InChI=1S/C9H15NO5P2/c1-9(16(2,11)12,17(13,14)15)6-8-4-3-5-10-7-8/h3-5,7H,6H2,1-2H3,(H,11,12)(H2,13,14,15). The summed E-state index contributed by atoms with van der Waals surface area (Å²) in [7, 11) is -8.68. The number of hydrogen-bond acceptors (Lipinski definition) is 3. The Morgan fingerprint density at radius 2 is 1.94 bits per heavy atom. The first-order chi connectivity index (χ1) is 7.58. The Balaban J connectivity index is 3.20. The molecule has 96 valence electrons. The predicted molar refractivity (Wildman–Crippen MR) is 64.1 cm³/mol. The fraction of sp³-hybridized carbons (Fsp3) is 0.444. The van der Waals surface area contributed by atoms with E-state index >= 15 is 0 Å². The molecule has 17 heavy (non-hydrogen) atoms. The van der Waals surface area contributed by atoms with Gasteiger partial charge in [-0.25, -0.2) is 0 Å². The van der Waals surface area contributed by atoms with Gasteiger partial charge in [-0.15, -0.1) is 0 Å². The molecule has 0 bridgehead atoms. The van der Waals surface area contributed by atoms with E-state index in [-0.39, 0.29) is 6.42 Å². The van der Waals surface area contributed by atoms with Crippen LogP contribution in [0.3, 0.4) is 0 Å². The molecule has 0 saturated heterocycles. The van der Waals surface area contributed by atoms with Crippen molar-refractivity contribution < 1.29 is 23.8 Å². The third kappa shape index (κ3) is 3.03. The lowest BCUT2D eigenvalue weighted by atomic mass is 10.2. The van der Waals surface area contributed by atoms with Crippen LogP contribution in [0, 0.1) is 0 Å². The van der Waals surface area contributed by atoms with E-state index in [1.165, 1.54) is 12.4 Å². The first-order valence-corrected chi connectivity index (χ1v) is 8.55. The van der Waals surface area contributed by atoms with Gasteiger partial charge in [-0.2, -0.15) is 0 Å². The Morgan fingerprint density at radius 1 is 1.35 bits per heavy atom. The van der Waals surface area contributed by atoms with Gasteiger partial charge in [0.15, 0.2) is 0 Å². The Hall–Kier alpha value is -0.510. The lowest BCUT2D eigenvalue weighted by Crippen LogP contribution is -2.27. The maximum absolute atomic E-state index is 11.7. The SMILES string of the molecule is CC(Cc1cccnc1)(P(C)(=O)O)P(=O)(O)O. The van der Waals surface area contributed by atoms with E-state index in [0.717, 1.165) is 13.6 Å². The van der Waals surface area contributed by atoms with Crippen molar-refractivity contribution in [3.63, 3.8) is 0 Å². The van der Waals surface area contributed by atoms with Gasteiger partial charge in [-0.05, 0) is 25.0 Å². The summed E-state index contributed by atoms with van der Waals surface area (Å²) in [4.78, 5) is 30.0. The summed E-state index contributed by atoms with van der Waals surface area (Å²) >= 11 is 0. The Bertz CT molecular complexity index is 455. The number of pyridine rings is 1. The molecule has 0 aliphatic carbocycles. The first-order valence-electron chi connectivity index (χ1n) is 4.83. The molecule has 2 unspecified atom stereocenters. The van der Waals surface area contributed by atoms with Crippen LogP contribution in [0.2, 0.25) is 0 Å². The van der Waals surface area contributed by atoms with Crippen LogP contribution in [-0.4, -0.2) is 31.2 Å². The molecule has 6 nitrogen and oxygen atoms in total. The molecule has 3 N–H and O–H groups in total. The molecule has 1 aromatic heterocycles. The third-order valence-electron chi connectivity index (χ3n) is 2.78. The highest BCUT2D eigenvalue weighted by Gasteiger charge is 2.53. The van der Waals surface area contributed by atoms with E-state index < -0.39 is 19.9 Å². The maximum Gasteiger partial charge on any atom is 0.341 e. The van der Waals surface area contributed by atoms with Crippen LogP contribution in [0.5, 0.6) is 0 Å². The summed E-state index contributed by atoms with van der Waals surface area (Å²) in [5.41, 5.74) is 0.509. The van der Waals surface area contributed by atoms with Crippen molar-refractivity contribution in [3.8, 4) is 0 Å². The molecule has 0 fully saturated rings. The minimum absolute atomic E-state index is 0.199. The minimum atomic E-state index is -4.72. The summed E-state index contributed by atoms with van der Waals surface area (Å²) in [5.74, 6) is 0. The van der Waals surface area contributed by atoms with E-state index in [9.17, 15) is 23.8 Å². The molecule has 0 aliphatic rings. The van der Waals surface area contributed by atoms with Gasteiger partial charge >= 0.3 is 7.60 Å². The van der Waals surface area contributed by atoms with Crippen molar-refractivity contribution in [2.75, 3.05) is 6.66 Å². The van der Waals surface area contributed by atoms with Gasteiger partial charge in [0.1, 0.15) is 4.90 Å². The van der Waals surface area contributed by atoms with E-state index in [4.69, 9.17) is 0 Å². The molecule has 2 atom stereocenters. The molecule has 0 amide bonds. The summed E-state index contributed by atoms with van der Waals surface area (Å²) < 4.78 is 23.2. The van der Waals surface area contributed by atoms with Crippen LogP contribution in [0.15, 0.2) is 24.5 Å². The largest absolute Gasteiger partial charge is 0.344 e. The molecule has 1 aromatic rings. The number of aromatic nitrogens is 1. The van der Waals surface area contributed by atoms with Crippen LogP contribution in [0.4, 0.5) is 0 Å². The molecular formula is C9H15NO5P2. The highest BCUT2D eigenvalue weighted by molar-refractivity contribution is 7.75. The fourth-order valence-electron chi connectivity index (χ4n) is 1.38. The minimum Gasteiger partial charge on any atom is -0.344 e.